The highest BCUT2D eigenvalue weighted by molar-refractivity contribution is 7.98. The van der Waals surface area contributed by atoms with Gasteiger partial charge in [-0.15, -0.1) is 11.8 Å². The molecule has 3 fully saturated rings. The van der Waals surface area contributed by atoms with E-state index < -0.39 is 15.7 Å². The predicted molar refractivity (Wildman–Crippen MR) is 272 cm³/mol. The van der Waals surface area contributed by atoms with Crippen molar-refractivity contribution in [1.29, 1.82) is 0 Å². The number of fused-ring (bicyclic) bond motifs is 1. The Labute approximate surface area is 399 Å². The van der Waals surface area contributed by atoms with Crippen molar-refractivity contribution in [3.8, 4) is 5.75 Å². The number of aromatic nitrogens is 1. The minimum atomic E-state index is -4.11. The van der Waals surface area contributed by atoms with Gasteiger partial charge < -0.3 is 14.5 Å². The molecule has 0 saturated carbocycles. The minimum absolute atomic E-state index is 0.0716. The third-order valence-electron chi connectivity index (χ3n) is 14.9. The smallest absolute Gasteiger partial charge is 0.210 e. The van der Waals surface area contributed by atoms with Crippen molar-refractivity contribution >= 4 is 38.2 Å². The van der Waals surface area contributed by atoms with E-state index in [9.17, 15) is 8.42 Å². The fraction of sp³-hybridized carbons (Fsp3) is 0.722. The SMILES string of the molecule is CCCCCCCCCCCCCCCCCCCCCCOc1ccc(S(=O)(=O)c2cnc3ccc(SC)cc3c2N2CCC(N3CCN(C4CCN(CC)CC4)CC3)CC2)cc1F. The summed E-state index contributed by atoms with van der Waals surface area (Å²) in [4.78, 5) is 16.0. The van der Waals surface area contributed by atoms with Gasteiger partial charge in [0.25, 0.3) is 0 Å². The number of hydrogen-bond donors (Lipinski definition) is 0. The summed E-state index contributed by atoms with van der Waals surface area (Å²) in [6, 6.07) is 11.4. The molecule has 65 heavy (non-hydrogen) atoms. The number of thioether (sulfide) groups is 1. The second kappa shape index (κ2) is 28.1. The lowest BCUT2D eigenvalue weighted by Gasteiger charge is -2.46. The van der Waals surface area contributed by atoms with Crippen molar-refractivity contribution in [3.05, 3.63) is 48.4 Å². The first-order chi connectivity index (χ1) is 31.8. The number of hydrogen-bond acceptors (Lipinski definition) is 9. The normalized spacial score (nSPS) is 17.7. The van der Waals surface area contributed by atoms with E-state index in [-0.39, 0.29) is 15.5 Å². The van der Waals surface area contributed by atoms with Crippen molar-refractivity contribution in [2.24, 2.45) is 0 Å². The number of benzene rings is 2. The molecule has 4 heterocycles. The van der Waals surface area contributed by atoms with Gasteiger partial charge in [-0.1, -0.05) is 136 Å². The third kappa shape index (κ3) is 15.8. The lowest BCUT2D eigenvalue weighted by molar-refractivity contribution is 0.0384. The second-order valence-corrected chi connectivity index (χ2v) is 22.3. The summed E-state index contributed by atoms with van der Waals surface area (Å²) < 4.78 is 50.5. The number of unbranched alkanes of at least 4 members (excludes halogenated alkanes) is 19. The van der Waals surface area contributed by atoms with Crippen molar-refractivity contribution in [3.63, 3.8) is 0 Å². The summed E-state index contributed by atoms with van der Waals surface area (Å²) in [7, 11) is -4.11. The number of piperidine rings is 2. The van der Waals surface area contributed by atoms with Crippen molar-refractivity contribution in [2.45, 2.75) is 195 Å². The molecule has 0 radical (unpaired) electrons. The molecule has 3 aromatic rings. The van der Waals surface area contributed by atoms with Gasteiger partial charge in [-0.2, -0.15) is 0 Å². The molecule has 0 unspecified atom stereocenters. The first kappa shape index (κ1) is 51.9. The Hall–Kier alpha value is -2.44. The molecule has 0 aliphatic carbocycles. The average molecular weight is 936 g/mol. The molecule has 2 aromatic carbocycles. The Morgan fingerprint density at radius 1 is 0.646 bits per heavy atom. The van der Waals surface area contributed by atoms with Gasteiger partial charge in [0, 0.05) is 67.8 Å². The van der Waals surface area contributed by atoms with E-state index in [0.717, 1.165) is 99.8 Å². The van der Waals surface area contributed by atoms with Crippen LogP contribution in [-0.4, -0.2) is 112 Å². The van der Waals surface area contributed by atoms with Crippen LogP contribution in [0.5, 0.6) is 5.75 Å². The maximum absolute atomic E-state index is 15.6. The van der Waals surface area contributed by atoms with Crippen LogP contribution in [-0.2, 0) is 9.84 Å². The van der Waals surface area contributed by atoms with Crippen molar-refractivity contribution < 1.29 is 17.5 Å². The van der Waals surface area contributed by atoms with Crippen LogP contribution in [0.4, 0.5) is 10.1 Å². The molecule has 6 rings (SSSR count). The van der Waals surface area contributed by atoms with E-state index in [2.05, 4.69) is 44.5 Å². The number of pyridine rings is 1. The van der Waals surface area contributed by atoms with E-state index in [1.165, 1.54) is 153 Å². The Bertz CT molecular complexity index is 1930. The van der Waals surface area contributed by atoms with E-state index >= 15 is 4.39 Å². The quantitative estimate of drug-likeness (QED) is 0.0500. The van der Waals surface area contributed by atoms with Crippen molar-refractivity contribution in [2.75, 3.05) is 76.7 Å². The highest BCUT2D eigenvalue weighted by Gasteiger charge is 2.34. The van der Waals surface area contributed by atoms with Crippen LogP contribution in [0.2, 0.25) is 0 Å². The first-order valence-electron chi connectivity index (χ1n) is 26.4. The fourth-order valence-electron chi connectivity index (χ4n) is 10.7. The van der Waals surface area contributed by atoms with E-state index in [4.69, 9.17) is 4.74 Å². The van der Waals surface area contributed by atoms with Gasteiger partial charge in [-0.25, -0.2) is 12.8 Å². The maximum Gasteiger partial charge on any atom is 0.210 e. The van der Waals surface area contributed by atoms with E-state index in [0.29, 0.717) is 24.4 Å². The zero-order valence-corrected chi connectivity index (χ0v) is 42.5. The zero-order valence-electron chi connectivity index (χ0n) is 40.9. The number of sulfone groups is 1. The molecule has 0 spiro atoms. The number of likely N-dealkylation sites (tertiary alicyclic amines) is 1. The zero-order chi connectivity index (χ0) is 45.7. The molecule has 0 atom stereocenters. The summed E-state index contributed by atoms with van der Waals surface area (Å²) in [5, 5.41) is 0.828. The van der Waals surface area contributed by atoms with Crippen LogP contribution < -0.4 is 9.64 Å². The molecule has 364 valence electrons. The number of anilines is 1. The monoisotopic (exact) mass is 936 g/mol. The highest BCUT2D eigenvalue weighted by Crippen LogP contribution is 2.39. The van der Waals surface area contributed by atoms with Crippen molar-refractivity contribution in [1.82, 2.24) is 19.7 Å². The molecule has 3 aliphatic heterocycles. The molecule has 0 amide bonds. The molecule has 3 saturated heterocycles. The number of halogens is 1. The van der Waals surface area contributed by atoms with Crippen LogP contribution in [0.3, 0.4) is 0 Å². The summed E-state index contributed by atoms with van der Waals surface area (Å²) >= 11 is 1.63. The van der Waals surface area contributed by atoms with Crippen LogP contribution in [0.15, 0.2) is 57.3 Å². The number of nitrogens with zero attached hydrogens (tertiary/aromatic N) is 5. The molecule has 11 heteroatoms. The number of rotatable bonds is 29. The van der Waals surface area contributed by atoms with Gasteiger partial charge in [-0.3, -0.25) is 14.8 Å². The molecule has 8 nitrogen and oxygen atoms in total. The molecule has 0 N–H and O–H groups in total. The van der Waals surface area contributed by atoms with Gasteiger partial charge >= 0.3 is 0 Å². The van der Waals surface area contributed by atoms with Gasteiger partial charge in [0.15, 0.2) is 11.6 Å². The summed E-state index contributed by atoms with van der Waals surface area (Å²) in [6.07, 6.45) is 34.6. The van der Waals surface area contributed by atoms with Crippen LogP contribution in [0.1, 0.15) is 168 Å². The first-order valence-corrected chi connectivity index (χ1v) is 29.1. The lowest BCUT2D eigenvalue weighted by Crippen LogP contribution is -2.56. The third-order valence-corrected chi connectivity index (χ3v) is 17.4. The number of ether oxygens (including phenoxy) is 1. The van der Waals surface area contributed by atoms with Crippen LogP contribution in [0.25, 0.3) is 10.9 Å². The summed E-state index contributed by atoms with van der Waals surface area (Å²) in [5.41, 5.74) is 1.45. The Morgan fingerprint density at radius 3 is 1.65 bits per heavy atom. The Kier molecular flexibility index (Phi) is 22.5. The summed E-state index contributed by atoms with van der Waals surface area (Å²) in [5.74, 6) is -0.542. The van der Waals surface area contributed by atoms with Crippen LogP contribution in [0, 0.1) is 5.82 Å². The van der Waals surface area contributed by atoms with Crippen LogP contribution >= 0.6 is 11.8 Å². The van der Waals surface area contributed by atoms with E-state index in [1.807, 2.05) is 18.4 Å². The lowest BCUT2D eigenvalue weighted by atomic mass is 9.99. The Morgan fingerprint density at radius 2 is 1.15 bits per heavy atom. The molecular formula is C54H86FN5O3S2. The minimum Gasteiger partial charge on any atom is -0.491 e. The fourth-order valence-corrected chi connectivity index (χ4v) is 12.6. The van der Waals surface area contributed by atoms with Gasteiger partial charge in [-0.05, 0) is 94.4 Å². The number of piperazine rings is 1. The second-order valence-electron chi connectivity index (χ2n) is 19.5. The Balaban J connectivity index is 0.924. The molecule has 0 bridgehead atoms. The molecular weight excluding hydrogens is 850 g/mol. The largest absolute Gasteiger partial charge is 0.491 e. The van der Waals surface area contributed by atoms with Gasteiger partial charge in [0.1, 0.15) is 4.90 Å². The van der Waals surface area contributed by atoms with E-state index in [1.54, 1.807) is 11.8 Å². The standard InChI is InChI=1S/C54H86FN5O3S2/c1-4-6-7-8-9-10-11-12-13-14-15-16-17-18-19-20-21-22-23-24-41-63-52-28-26-48(43-50(52)55)65(61,62)53-44-56-51-27-25-47(64-3)42-49(51)54(53)60-35-31-46(32-36-60)59-39-37-58(38-40-59)45-29-33-57(5-2)34-30-45/h25-28,42-46H,4-24,29-41H2,1-3H3. The van der Waals surface area contributed by atoms with Gasteiger partial charge in [0.2, 0.25) is 9.84 Å². The topological polar surface area (TPSA) is 69.2 Å². The maximum atomic E-state index is 15.6. The average Bonchev–Trinajstić information content (AvgIpc) is 3.34. The van der Waals surface area contributed by atoms with Gasteiger partial charge in [0.05, 0.1) is 22.7 Å². The molecule has 3 aliphatic rings. The highest BCUT2D eigenvalue weighted by atomic mass is 32.2. The summed E-state index contributed by atoms with van der Waals surface area (Å²) in [6.45, 7) is 14.5. The predicted octanol–water partition coefficient (Wildman–Crippen LogP) is 13.2. The molecule has 1 aromatic heterocycles.